The van der Waals surface area contributed by atoms with E-state index in [2.05, 4.69) is 9.97 Å². The van der Waals surface area contributed by atoms with Crippen molar-refractivity contribution in [3.63, 3.8) is 0 Å². The van der Waals surface area contributed by atoms with Crippen LogP contribution in [-0.4, -0.2) is 37.3 Å². The fraction of sp³-hybridized carbons (Fsp3) is 0.188. The molecular weight excluding hydrogens is 300 g/mol. The van der Waals surface area contributed by atoms with Gasteiger partial charge in [0, 0.05) is 17.8 Å². The Morgan fingerprint density at radius 2 is 1.91 bits per heavy atom. The summed E-state index contributed by atoms with van der Waals surface area (Å²) in [5, 5.41) is 0. The van der Waals surface area contributed by atoms with Crippen molar-refractivity contribution in [1.82, 2.24) is 9.97 Å². The molecule has 1 heterocycles. The van der Waals surface area contributed by atoms with Gasteiger partial charge in [0.1, 0.15) is 11.3 Å². The van der Waals surface area contributed by atoms with E-state index in [0.29, 0.717) is 17.2 Å². The van der Waals surface area contributed by atoms with E-state index >= 15 is 0 Å². The van der Waals surface area contributed by atoms with Gasteiger partial charge in [0.05, 0.1) is 27.6 Å². The Labute approximate surface area is 133 Å². The van der Waals surface area contributed by atoms with Crippen LogP contribution in [0.25, 0.3) is 5.57 Å². The Morgan fingerprint density at radius 1 is 1.13 bits per heavy atom. The number of hydrogen-bond acceptors (Lipinski definition) is 7. The second-order valence-corrected chi connectivity index (χ2v) is 4.24. The molecule has 0 atom stereocenters. The van der Waals surface area contributed by atoms with Crippen molar-refractivity contribution >= 4 is 11.5 Å². The van der Waals surface area contributed by atoms with Crippen LogP contribution >= 0.6 is 0 Å². The van der Waals surface area contributed by atoms with Crippen LogP contribution < -0.4 is 9.47 Å². The van der Waals surface area contributed by atoms with Crippen molar-refractivity contribution in [2.45, 2.75) is 0 Å². The quantitative estimate of drug-likeness (QED) is 0.460. The molecule has 7 nitrogen and oxygen atoms in total. The third kappa shape index (κ3) is 3.97. The Hall–Kier alpha value is -3.09. The number of benzene rings is 1. The predicted molar refractivity (Wildman–Crippen MR) is 82.1 cm³/mol. The van der Waals surface area contributed by atoms with E-state index in [9.17, 15) is 4.79 Å². The highest BCUT2D eigenvalue weighted by molar-refractivity contribution is 6.16. The van der Waals surface area contributed by atoms with Crippen LogP contribution in [0.15, 0.2) is 42.8 Å². The Bertz CT molecular complexity index is 715. The Kier molecular flexibility index (Phi) is 5.51. The number of ether oxygens (including phenoxy) is 4. The van der Waals surface area contributed by atoms with Crippen LogP contribution in [0.5, 0.6) is 17.6 Å². The number of carbonyl (C=O) groups excluding carboxylic acids is 1. The lowest BCUT2D eigenvalue weighted by Gasteiger charge is -2.11. The first-order valence-corrected chi connectivity index (χ1v) is 6.65. The molecular formula is C16H16N2O5. The van der Waals surface area contributed by atoms with Crippen LogP contribution in [-0.2, 0) is 14.3 Å². The zero-order chi connectivity index (χ0) is 16.7. The van der Waals surface area contributed by atoms with Gasteiger partial charge in [-0.25, -0.2) is 9.78 Å². The highest BCUT2D eigenvalue weighted by Crippen LogP contribution is 2.30. The molecule has 7 heteroatoms. The van der Waals surface area contributed by atoms with E-state index in [4.69, 9.17) is 18.9 Å². The molecule has 0 bridgehead atoms. The predicted octanol–water partition coefficient (Wildman–Crippen LogP) is 2.44. The van der Waals surface area contributed by atoms with Gasteiger partial charge in [0.2, 0.25) is 5.88 Å². The minimum Gasteiger partial charge on any atom is -0.503 e. The van der Waals surface area contributed by atoms with Crippen molar-refractivity contribution in [3.8, 4) is 17.6 Å². The van der Waals surface area contributed by atoms with Gasteiger partial charge in [0.15, 0.2) is 0 Å². The molecule has 0 aliphatic carbocycles. The molecule has 0 aliphatic heterocycles. The molecule has 23 heavy (non-hydrogen) atoms. The standard InChI is InChI=1S/C16H16N2O5/c1-20-10-12(15(19)22-3)11-6-4-5-7-13(11)23-16-17-9-8-14(18-16)21-2/h4-10H,1-3H3. The number of para-hydroxylation sites is 1. The van der Waals surface area contributed by atoms with Gasteiger partial charge >= 0.3 is 12.0 Å². The first kappa shape index (κ1) is 16.3. The highest BCUT2D eigenvalue weighted by Gasteiger charge is 2.18. The molecule has 0 aliphatic rings. The first-order valence-electron chi connectivity index (χ1n) is 6.65. The van der Waals surface area contributed by atoms with Gasteiger partial charge in [-0.3, -0.25) is 0 Å². The molecule has 0 fully saturated rings. The molecule has 2 aromatic rings. The normalized spacial score (nSPS) is 10.8. The lowest BCUT2D eigenvalue weighted by molar-refractivity contribution is -0.133. The number of aromatic nitrogens is 2. The summed E-state index contributed by atoms with van der Waals surface area (Å²) in [6.07, 6.45) is 2.80. The van der Waals surface area contributed by atoms with E-state index in [0.717, 1.165) is 0 Å². The second-order valence-electron chi connectivity index (χ2n) is 4.24. The molecule has 2 rings (SSSR count). The van der Waals surface area contributed by atoms with Crippen LogP contribution in [0.3, 0.4) is 0 Å². The van der Waals surface area contributed by atoms with Gasteiger partial charge in [-0.15, -0.1) is 0 Å². The Balaban J connectivity index is 2.40. The van der Waals surface area contributed by atoms with Crippen LogP contribution in [0, 0.1) is 0 Å². The van der Waals surface area contributed by atoms with Gasteiger partial charge in [-0.1, -0.05) is 18.2 Å². The summed E-state index contributed by atoms with van der Waals surface area (Å²) in [4.78, 5) is 20.0. The fourth-order valence-corrected chi connectivity index (χ4v) is 1.81. The van der Waals surface area contributed by atoms with Gasteiger partial charge in [-0.05, 0) is 6.07 Å². The van der Waals surface area contributed by atoms with E-state index in [1.807, 2.05) is 0 Å². The largest absolute Gasteiger partial charge is 0.503 e. The SMILES string of the molecule is COC=C(C(=O)OC)c1ccccc1Oc1nccc(OC)n1. The van der Waals surface area contributed by atoms with E-state index < -0.39 is 5.97 Å². The summed E-state index contributed by atoms with van der Waals surface area (Å²) in [5.74, 6) is 0.206. The zero-order valence-corrected chi connectivity index (χ0v) is 13.0. The molecule has 0 N–H and O–H groups in total. The molecule has 0 saturated carbocycles. The molecule has 0 radical (unpaired) electrons. The minimum absolute atomic E-state index is 0.0958. The van der Waals surface area contributed by atoms with Crippen molar-refractivity contribution < 1.29 is 23.7 Å². The summed E-state index contributed by atoms with van der Waals surface area (Å²) in [6.45, 7) is 0. The lowest BCUT2D eigenvalue weighted by Crippen LogP contribution is -2.06. The molecule has 0 amide bonds. The van der Waals surface area contributed by atoms with Crippen LogP contribution in [0.4, 0.5) is 0 Å². The summed E-state index contributed by atoms with van der Waals surface area (Å²) >= 11 is 0. The van der Waals surface area contributed by atoms with Gasteiger partial charge in [0.25, 0.3) is 0 Å². The highest BCUT2D eigenvalue weighted by atomic mass is 16.5. The maximum absolute atomic E-state index is 11.9. The molecule has 0 spiro atoms. The number of nitrogens with zero attached hydrogens (tertiary/aromatic N) is 2. The maximum atomic E-state index is 11.9. The first-order chi connectivity index (χ1) is 11.2. The second kappa shape index (κ2) is 7.79. The van der Waals surface area contributed by atoms with E-state index in [-0.39, 0.29) is 11.6 Å². The average Bonchev–Trinajstić information content (AvgIpc) is 2.60. The third-order valence-electron chi connectivity index (χ3n) is 2.84. The molecule has 0 saturated heterocycles. The summed E-state index contributed by atoms with van der Waals surface area (Å²) in [5.41, 5.74) is 0.709. The van der Waals surface area contributed by atoms with Crippen molar-refractivity contribution in [1.29, 1.82) is 0 Å². The molecule has 1 aromatic heterocycles. The minimum atomic E-state index is -0.547. The molecule has 1 aromatic carbocycles. The van der Waals surface area contributed by atoms with E-state index in [1.165, 1.54) is 33.8 Å². The number of carbonyl (C=O) groups is 1. The van der Waals surface area contributed by atoms with Crippen molar-refractivity contribution in [2.75, 3.05) is 21.3 Å². The average molecular weight is 316 g/mol. The number of methoxy groups -OCH3 is 3. The number of hydrogen-bond donors (Lipinski definition) is 0. The zero-order valence-electron chi connectivity index (χ0n) is 13.0. The van der Waals surface area contributed by atoms with E-state index in [1.54, 1.807) is 30.3 Å². The Morgan fingerprint density at radius 3 is 2.61 bits per heavy atom. The number of esters is 1. The summed E-state index contributed by atoms with van der Waals surface area (Å²) in [6, 6.07) is 8.62. The van der Waals surface area contributed by atoms with Crippen LogP contribution in [0.1, 0.15) is 5.56 Å². The summed E-state index contributed by atoms with van der Waals surface area (Å²) in [7, 11) is 4.23. The maximum Gasteiger partial charge on any atom is 0.341 e. The fourth-order valence-electron chi connectivity index (χ4n) is 1.81. The third-order valence-corrected chi connectivity index (χ3v) is 2.84. The smallest absolute Gasteiger partial charge is 0.341 e. The topological polar surface area (TPSA) is 79.8 Å². The number of rotatable bonds is 6. The van der Waals surface area contributed by atoms with Crippen LogP contribution in [0.2, 0.25) is 0 Å². The summed E-state index contributed by atoms with van der Waals surface area (Å²) < 4.78 is 20.4. The monoisotopic (exact) mass is 316 g/mol. The van der Waals surface area contributed by atoms with Gasteiger partial charge < -0.3 is 18.9 Å². The van der Waals surface area contributed by atoms with Crippen molar-refractivity contribution in [3.05, 3.63) is 48.4 Å². The van der Waals surface area contributed by atoms with Crippen molar-refractivity contribution in [2.24, 2.45) is 0 Å². The molecule has 0 unspecified atom stereocenters. The van der Waals surface area contributed by atoms with Gasteiger partial charge in [-0.2, -0.15) is 4.98 Å². The lowest BCUT2D eigenvalue weighted by atomic mass is 10.1. The molecule has 120 valence electrons.